The van der Waals surface area contributed by atoms with E-state index in [-0.39, 0.29) is 0 Å². The minimum atomic E-state index is 0.634. The predicted molar refractivity (Wildman–Crippen MR) is 79.1 cm³/mol. The third-order valence-electron chi connectivity index (χ3n) is 3.91. The van der Waals surface area contributed by atoms with Crippen LogP contribution in [-0.2, 0) is 19.5 Å². The second kappa shape index (κ2) is 6.20. The molecule has 1 fully saturated rings. The van der Waals surface area contributed by atoms with Gasteiger partial charge in [-0.05, 0) is 38.3 Å². The molecule has 0 bridgehead atoms. The van der Waals surface area contributed by atoms with Crippen LogP contribution in [0.25, 0.3) is 0 Å². The Hall–Kier alpha value is -0.350. The molecular weight excluding hydrogens is 290 g/mol. The Morgan fingerprint density at radius 3 is 2.83 bits per heavy atom. The first-order valence-electron chi connectivity index (χ1n) is 7.06. The summed E-state index contributed by atoms with van der Waals surface area (Å²) in [5, 5.41) is 4.62. The lowest BCUT2D eigenvalue weighted by Gasteiger charge is -2.34. The van der Waals surface area contributed by atoms with Crippen LogP contribution in [0.5, 0.6) is 0 Å². The Morgan fingerprint density at radius 1 is 1.44 bits per heavy atom. The summed E-state index contributed by atoms with van der Waals surface area (Å²) in [6.07, 6.45) is 2.31. The molecule has 0 spiro atoms. The van der Waals surface area contributed by atoms with Crippen molar-refractivity contribution >= 4 is 15.9 Å². The summed E-state index contributed by atoms with van der Waals surface area (Å²) in [7, 11) is 0. The number of alkyl halides is 1. The lowest BCUT2D eigenvalue weighted by atomic mass is 9.99. The molecule has 0 aromatic carbocycles. The molecule has 1 aromatic rings. The minimum Gasteiger partial charge on any atom is -0.296 e. The summed E-state index contributed by atoms with van der Waals surface area (Å²) in [6.45, 7) is 11.0. The molecule has 0 radical (unpaired) electrons. The van der Waals surface area contributed by atoms with Crippen LogP contribution >= 0.6 is 15.9 Å². The number of rotatable bonds is 4. The van der Waals surface area contributed by atoms with E-state index < -0.39 is 0 Å². The molecule has 0 saturated carbocycles. The zero-order valence-electron chi connectivity index (χ0n) is 11.7. The number of halogens is 1. The molecule has 0 N–H and O–H groups in total. The molecular formula is C14H24BrN3. The first-order valence-corrected chi connectivity index (χ1v) is 7.97. The number of hydrogen-bond donors (Lipinski definition) is 0. The van der Waals surface area contributed by atoms with Crippen LogP contribution in [0.2, 0.25) is 0 Å². The van der Waals surface area contributed by atoms with Gasteiger partial charge in [0, 0.05) is 24.5 Å². The molecule has 1 saturated heterocycles. The second-order valence-corrected chi connectivity index (χ2v) is 6.49. The van der Waals surface area contributed by atoms with E-state index >= 15 is 0 Å². The van der Waals surface area contributed by atoms with Crippen LogP contribution in [0.3, 0.4) is 0 Å². The summed E-state index contributed by atoms with van der Waals surface area (Å²) in [5.74, 6) is 0.795. The Bertz CT molecular complexity index is 388. The third kappa shape index (κ3) is 3.15. The fourth-order valence-electron chi connectivity index (χ4n) is 2.55. The van der Waals surface area contributed by atoms with E-state index in [2.05, 4.69) is 57.4 Å². The lowest BCUT2D eigenvalue weighted by molar-refractivity contribution is 0.189. The summed E-state index contributed by atoms with van der Waals surface area (Å²) in [5.41, 5.74) is 2.58. The Balaban J connectivity index is 2.02. The van der Waals surface area contributed by atoms with E-state index in [4.69, 9.17) is 0 Å². The van der Waals surface area contributed by atoms with Gasteiger partial charge in [-0.3, -0.25) is 9.58 Å². The molecule has 2 rings (SSSR count). The van der Waals surface area contributed by atoms with Crippen molar-refractivity contribution in [3.05, 3.63) is 17.5 Å². The van der Waals surface area contributed by atoms with Crippen LogP contribution in [0.4, 0.5) is 0 Å². The number of likely N-dealkylation sites (tertiary alicyclic amines) is 1. The first kappa shape index (κ1) is 14.1. The molecule has 0 aliphatic carbocycles. The van der Waals surface area contributed by atoms with Crippen molar-refractivity contribution in [3.8, 4) is 0 Å². The van der Waals surface area contributed by atoms with Crippen LogP contribution in [-0.4, -0.2) is 32.6 Å². The Labute approximate surface area is 119 Å². The number of piperidine rings is 1. The molecule has 1 aliphatic heterocycles. The van der Waals surface area contributed by atoms with Crippen molar-refractivity contribution in [1.82, 2.24) is 14.7 Å². The van der Waals surface area contributed by atoms with Crippen LogP contribution in [0.1, 0.15) is 38.6 Å². The Kier molecular flexibility index (Phi) is 4.84. The summed E-state index contributed by atoms with van der Waals surface area (Å²) < 4.78 is 2.15. The maximum Gasteiger partial charge on any atom is 0.0625 e. The topological polar surface area (TPSA) is 21.1 Å². The van der Waals surface area contributed by atoms with Gasteiger partial charge in [0.2, 0.25) is 0 Å². The highest BCUT2D eigenvalue weighted by Gasteiger charge is 2.24. The van der Waals surface area contributed by atoms with Crippen molar-refractivity contribution < 1.29 is 0 Å². The predicted octanol–water partition coefficient (Wildman–Crippen LogP) is 3.07. The second-order valence-electron chi connectivity index (χ2n) is 5.31. The molecule has 18 heavy (non-hydrogen) atoms. The molecule has 4 heteroatoms. The monoisotopic (exact) mass is 313 g/mol. The molecule has 2 unspecified atom stereocenters. The van der Waals surface area contributed by atoms with Gasteiger partial charge >= 0.3 is 0 Å². The first-order chi connectivity index (χ1) is 8.63. The number of aromatic nitrogens is 2. The molecule has 0 amide bonds. The SMILES string of the molecule is CCc1cc(CN2CCC(C)C(Br)C2)n(CC)n1. The van der Waals surface area contributed by atoms with Gasteiger partial charge in [-0.1, -0.05) is 29.8 Å². The highest BCUT2D eigenvalue weighted by atomic mass is 79.9. The highest BCUT2D eigenvalue weighted by Crippen LogP contribution is 2.24. The summed E-state index contributed by atoms with van der Waals surface area (Å²) >= 11 is 3.80. The molecule has 1 aliphatic rings. The van der Waals surface area contributed by atoms with Gasteiger partial charge in [0.05, 0.1) is 11.4 Å². The molecule has 2 heterocycles. The standard InChI is InChI=1S/C14H24BrN3/c1-4-12-8-13(18(5-2)16-12)9-17-7-6-11(3)14(15)10-17/h8,11,14H,4-7,9-10H2,1-3H3. The largest absolute Gasteiger partial charge is 0.296 e. The maximum absolute atomic E-state index is 4.62. The van der Waals surface area contributed by atoms with Gasteiger partial charge in [0.25, 0.3) is 0 Å². The van der Waals surface area contributed by atoms with E-state index in [0.29, 0.717) is 4.83 Å². The average molecular weight is 314 g/mol. The zero-order chi connectivity index (χ0) is 13.1. The molecule has 2 atom stereocenters. The van der Waals surface area contributed by atoms with E-state index in [0.717, 1.165) is 32.0 Å². The minimum absolute atomic E-state index is 0.634. The smallest absolute Gasteiger partial charge is 0.0625 e. The lowest BCUT2D eigenvalue weighted by Crippen LogP contribution is -2.39. The summed E-state index contributed by atoms with van der Waals surface area (Å²) in [4.78, 5) is 3.18. The summed E-state index contributed by atoms with van der Waals surface area (Å²) in [6, 6.07) is 2.27. The molecule has 102 valence electrons. The van der Waals surface area contributed by atoms with Gasteiger partial charge in [-0.15, -0.1) is 0 Å². The van der Waals surface area contributed by atoms with Crippen LogP contribution < -0.4 is 0 Å². The quantitative estimate of drug-likeness (QED) is 0.797. The Morgan fingerprint density at radius 2 is 2.22 bits per heavy atom. The number of nitrogens with zero attached hydrogens (tertiary/aromatic N) is 3. The van der Waals surface area contributed by atoms with Gasteiger partial charge in [0.1, 0.15) is 0 Å². The highest BCUT2D eigenvalue weighted by molar-refractivity contribution is 9.09. The zero-order valence-corrected chi connectivity index (χ0v) is 13.3. The average Bonchev–Trinajstić information content (AvgIpc) is 2.76. The van der Waals surface area contributed by atoms with Gasteiger partial charge in [-0.2, -0.15) is 5.10 Å². The van der Waals surface area contributed by atoms with Crippen molar-refractivity contribution in [3.63, 3.8) is 0 Å². The van der Waals surface area contributed by atoms with Crippen molar-refractivity contribution in [2.45, 2.75) is 51.5 Å². The van der Waals surface area contributed by atoms with E-state index in [1.54, 1.807) is 0 Å². The maximum atomic E-state index is 4.62. The van der Waals surface area contributed by atoms with Crippen LogP contribution in [0, 0.1) is 5.92 Å². The van der Waals surface area contributed by atoms with Gasteiger partial charge in [-0.25, -0.2) is 0 Å². The van der Waals surface area contributed by atoms with Crippen LogP contribution in [0.15, 0.2) is 6.07 Å². The van der Waals surface area contributed by atoms with Crippen molar-refractivity contribution in [2.75, 3.05) is 13.1 Å². The van der Waals surface area contributed by atoms with E-state index in [9.17, 15) is 0 Å². The number of aryl methyl sites for hydroxylation is 2. The normalized spacial score (nSPS) is 25.6. The molecule has 3 nitrogen and oxygen atoms in total. The fourth-order valence-corrected chi connectivity index (χ4v) is 3.22. The van der Waals surface area contributed by atoms with Crippen molar-refractivity contribution in [1.29, 1.82) is 0 Å². The fraction of sp³-hybridized carbons (Fsp3) is 0.786. The number of hydrogen-bond acceptors (Lipinski definition) is 2. The molecule has 1 aromatic heterocycles. The van der Waals surface area contributed by atoms with Gasteiger partial charge < -0.3 is 0 Å². The van der Waals surface area contributed by atoms with Gasteiger partial charge in [0.15, 0.2) is 0 Å². The van der Waals surface area contributed by atoms with Crippen molar-refractivity contribution in [2.24, 2.45) is 5.92 Å². The van der Waals surface area contributed by atoms with E-state index in [1.807, 2.05) is 0 Å². The van der Waals surface area contributed by atoms with E-state index in [1.165, 1.54) is 24.4 Å². The third-order valence-corrected chi connectivity index (χ3v) is 5.10.